The van der Waals surface area contributed by atoms with Gasteiger partial charge in [-0.2, -0.15) is 5.10 Å². The van der Waals surface area contributed by atoms with E-state index in [1.807, 2.05) is 21.8 Å². The molecule has 1 aliphatic carbocycles. The highest BCUT2D eigenvalue weighted by atomic mass is 16.4. The molecule has 2 amide bonds. The van der Waals surface area contributed by atoms with Gasteiger partial charge in [0.1, 0.15) is 0 Å². The highest BCUT2D eigenvalue weighted by molar-refractivity contribution is 5.74. The lowest BCUT2D eigenvalue weighted by atomic mass is 9.86. The van der Waals surface area contributed by atoms with Gasteiger partial charge >= 0.3 is 12.0 Å². The molecule has 0 aromatic carbocycles. The fourth-order valence-electron chi connectivity index (χ4n) is 3.74. The van der Waals surface area contributed by atoms with Crippen molar-refractivity contribution in [2.24, 2.45) is 11.8 Å². The average Bonchev–Trinajstić information content (AvgIpc) is 3.09. The summed E-state index contributed by atoms with van der Waals surface area (Å²) in [6, 6.07) is 2.06. The summed E-state index contributed by atoms with van der Waals surface area (Å²) in [6.07, 6.45) is 8.61. The van der Waals surface area contributed by atoms with E-state index in [1.165, 1.54) is 0 Å². The van der Waals surface area contributed by atoms with Gasteiger partial charge in [-0.1, -0.05) is 0 Å². The molecule has 0 unspecified atom stereocenters. The van der Waals surface area contributed by atoms with Crippen molar-refractivity contribution in [1.29, 1.82) is 0 Å². The van der Waals surface area contributed by atoms with Gasteiger partial charge in [0.15, 0.2) is 0 Å². The third-order valence-electron chi connectivity index (χ3n) is 5.31. The van der Waals surface area contributed by atoms with Crippen LogP contribution in [0.5, 0.6) is 0 Å². The quantitative estimate of drug-likeness (QED) is 0.881. The summed E-state index contributed by atoms with van der Waals surface area (Å²) in [6.45, 7) is 2.48. The lowest BCUT2D eigenvalue weighted by molar-refractivity contribution is -0.142. The van der Waals surface area contributed by atoms with Crippen LogP contribution in [-0.4, -0.2) is 50.9 Å². The number of carboxylic acids is 1. The van der Waals surface area contributed by atoms with Crippen molar-refractivity contribution in [2.45, 2.75) is 51.1 Å². The molecule has 2 aliphatic rings. The summed E-state index contributed by atoms with van der Waals surface area (Å²) < 4.78 is 1.96. The molecule has 1 saturated carbocycles. The number of hydrogen-bond donors (Lipinski definition) is 2. The summed E-state index contributed by atoms with van der Waals surface area (Å²) >= 11 is 0. The summed E-state index contributed by atoms with van der Waals surface area (Å²) in [7, 11) is 0. The molecular weight excluding hydrogens is 308 g/mol. The van der Waals surface area contributed by atoms with Crippen LogP contribution >= 0.6 is 0 Å². The molecule has 1 aliphatic heterocycles. The number of aliphatic carboxylic acids is 1. The van der Waals surface area contributed by atoms with Crippen molar-refractivity contribution in [2.75, 3.05) is 13.1 Å². The minimum atomic E-state index is -0.709. The van der Waals surface area contributed by atoms with E-state index in [-0.39, 0.29) is 18.0 Å². The van der Waals surface area contributed by atoms with E-state index in [1.54, 1.807) is 6.20 Å². The molecule has 132 valence electrons. The number of nitrogens with one attached hydrogen (secondary N) is 1. The van der Waals surface area contributed by atoms with E-state index in [0.29, 0.717) is 18.8 Å². The molecule has 24 heavy (non-hydrogen) atoms. The zero-order chi connectivity index (χ0) is 16.9. The summed E-state index contributed by atoms with van der Waals surface area (Å²) in [5.41, 5.74) is 0. The van der Waals surface area contributed by atoms with Crippen LogP contribution in [-0.2, 0) is 11.3 Å². The van der Waals surface area contributed by atoms with Gasteiger partial charge < -0.3 is 15.3 Å². The van der Waals surface area contributed by atoms with Gasteiger partial charge in [0.2, 0.25) is 0 Å². The monoisotopic (exact) mass is 334 g/mol. The lowest BCUT2D eigenvalue weighted by Crippen LogP contribution is -2.49. The number of carbonyl (C=O) groups is 2. The lowest BCUT2D eigenvalue weighted by Gasteiger charge is -2.34. The Bertz CT molecular complexity index is 544. The van der Waals surface area contributed by atoms with Crippen LogP contribution in [0, 0.1) is 11.8 Å². The van der Waals surface area contributed by atoms with E-state index in [9.17, 15) is 9.59 Å². The van der Waals surface area contributed by atoms with Crippen LogP contribution in [0.15, 0.2) is 18.5 Å². The average molecular weight is 334 g/mol. The summed E-state index contributed by atoms with van der Waals surface area (Å²) in [5.74, 6) is -0.379. The van der Waals surface area contributed by atoms with Gasteiger partial charge in [0, 0.05) is 38.1 Å². The second-order valence-corrected chi connectivity index (χ2v) is 6.99. The van der Waals surface area contributed by atoms with Crippen molar-refractivity contribution in [3.05, 3.63) is 18.5 Å². The van der Waals surface area contributed by atoms with E-state index >= 15 is 0 Å². The summed E-state index contributed by atoms with van der Waals surface area (Å²) in [5, 5.41) is 16.4. The van der Waals surface area contributed by atoms with Crippen LogP contribution in [0.2, 0.25) is 0 Å². The Morgan fingerprint density at radius 1 is 1.12 bits per heavy atom. The standard InChI is InChI=1S/C17H26N4O3/c22-16(23)14-2-4-15(5-3-14)19-17(24)20-10-6-13(7-11-20)12-21-9-1-8-18-21/h1,8-9,13-15H,2-7,10-12H2,(H,19,24)(H,22,23). The molecular formula is C17H26N4O3. The first-order valence-corrected chi connectivity index (χ1v) is 8.87. The first-order valence-electron chi connectivity index (χ1n) is 8.87. The number of hydrogen-bond acceptors (Lipinski definition) is 3. The van der Waals surface area contributed by atoms with Gasteiger partial charge in [-0.3, -0.25) is 9.48 Å². The molecule has 2 fully saturated rings. The van der Waals surface area contributed by atoms with Gasteiger partial charge in [-0.25, -0.2) is 4.79 Å². The van der Waals surface area contributed by atoms with Crippen LogP contribution in [0.1, 0.15) is 38.5 Å². The van der Waals surface area contributed by atoms with Gasteiger partial charge in [-0.05, 0) is 50.5 Å². The van der Waals surface area contributed by atoms with Gasteiger partial charge in [0.05, 0.1) is 5.92 Å². The number of carboxylic acid groups (broad SMARTS) is 1. The number of nitrogens with zero attached hydrogens (tertiary/aromatic N) is 3. The Labute approximate surface area is 142 Å². The Balaban J connectivity index is 1.38. The smallest absolute Gasteiger partial charge is 0.317 e. The fraction of sp³-hybridized carbons (Fsp3) is 0.706. The van der Waals surface area contributed by atoms with E-state index in [0.717, 1.165) is 45.3 Å². The molecule has 7 heteroatoms. The highest BCUT2D eigenvalue weighted by Crippen LogP contribution is 2.25. The van der Waals surface area contributed by atoms with Gasteiger partial charge in [0.25, 0.3) is 0 Å². The Kier molecular flexibility index (Phi) is 5.37. The van der Waals surface area contributed by atoms with Crippen LogP contribution < -0.4 is 5.32 Å². The predicted octanol–water partition coefficient (Wildman–Crippen LogP) is 1.95. The molecule has 3 rings (SSSR count). The van der Waals surface area contributed by atoms with Gasteiger partial charge in [-0.15, -0.1) is 0 Å². The molecule has 0 atom stereocenters. The second-order valence-electron chi connectivity index (χ2n) is 6.99. The first-order chi connectivity index (χ1) is 11.6. The van der Waals surface area contributed by atoms with Crippen molar-refractivity contribution in [3.63, 3.8) is 0 Å². The van der Waals surface area contributed by atoms with E-state index in [4.69, 9.17) is 5.11 Å². The van der Waals surface area contributed by atoms with Crippen LogP contribution in [0.3, 0.4) is 0 Å². The maximum absolute atomic E-state index is 12.4. The fourth-order valence-corrected chi connectivity index (χ4v) is 3.74. The summed E-state index contributed by atoms with van der Waals surface area (Å²) in [4.78, 5) is 25.3. The molecule has 1 saturated heterocycles. The number of carbonyl (C=O) groups excluding carboxylic acids is 1. The van der Waals surface area contributed by atoms with Crippen LogP contribution in [0.25, 0.3) is 0 Å². The number of rotatable bonds is 4. The van der Waals surface area contributed by atoms with Crippen molar-refractivity contribution in [3.8, 4) is 0 Å². The van der Waals surface area contributed by atoms with Crippen molar-refractivity contribution < 1.29 is 14.7 Å². The number of piperidine rings is 1. The molecule has 0 spiro atoms. The minimum Gasteiger partial charge on any atom is -0.481 e. The normalized spacial score (nSPS) is 25.4. The van der Waals surface area contributed by atoms with Crippen LogP contribution in [0.4, 0.5) is 4.79 Å². The zero-order valence-electron chi connectivity index (χ0n) is 13.9. The topological polar surface area (TPSA) is 87.5 Å². The Morgan fingerprint density at radius 2 is 1.83 bits per heavy atom. The first kappa shape index (κ1) is 16.8. The van der Waals surface area contributed by atoms with Crippen molar-refractivity contribution in [1.82, 2.24) is 20.0 Å². The Morgan fingerprint density at radius 3 is 2.42 bits per heavy atom. The number of amides is 2. The zero-order valence-corrected chi connectivity index (χ0v) is 13.9. The maximum atomic E-state index is 12.4. The minimum absolute atomic E-state index is 0.00585. The molecule has 1 aromatic heterocycles. The number of aromatic nitrogens is 2. The van der Waals surface area contributed by atoms with Crippen molar-refractivity contribution >= 4 is 12.0 Å². The molecule has 7 nitrogen and oxygen atoms in total. The van der Waals surface area contributed by atoms with E-state index < -0.39 is 5.97 Å². The second kappa shape index (κ2) is 7.68. The highest BCUT2D eigenvalue weighted by Gasteiger charge is 2.29. The molecule has 0 radical (unpaired) electrons. The van der Waals surface area contributed by atoms with E-state index in [2.05, 4.69) is 10.4 Å². The SMILES string of the molecule is O=C(O)C1CCC(NC(=O)N2CCC(Cn3cccn3)CC2)CC1. The predicted molar refractivity (Wildman–Crippen MR) is 88.4 cm³/mol. The molecule has 2 N–H and O–H groups in total. The molecule has 1 aromatic rings. The molecule has 2 heterocycles. The third-order valence-corrected chi connectivity index (χ3v) is 5.31. The third kappa shape index (κ3) is 4.27. The maximum Gasteiger partial charge on any atom is 0.317 e. The number of urea groups is 1. The molecule has 0 bridgehead atoms. The largest absolute Gasteiger partial charge is 0.481 e. The Hall–Kier alpha value is -2.05. The number of likely N-dealkylation sites (tertiary alicyclic amines) is 1.